The molecule has 0 atom stereocenters. The van der Waals surface area contributed by atoms with Crippen molar-refractivity contribution < 1.29 is 13.9 Å². The summed E-state index contributed by atoms with van der Waals surface area (Å²) in [6.07, 6.45) is 0. The van der Waals surface area contributed by atoms with Crippen molar-refractivity contribution in [1.82, 2.24) is 4.98 Å². The van der Waals surface area contributed by atoms with E-state index in [1.54, 1.807) is 6.07 Å². The van der Waals surface area contributed by atoms with Gasteiger partial charge in [-0.3, -0.25) is 0 Å². The Morgan fingerprint density at radius 2 is 2.23 bits per heavy atom. The molecule has 5 nitrogen and oxygen atoms in total. The third-order valence-electron chi connectivity index (χ3n) is 2.88. The summed E-state index contributed by atoms with van der Waals surface area (Å²) in [6.45, 7) is 0.0934. The highest BCUT2D eigenvalue weighted by Gasteiger charge is 2.10. The molecule has 0 fully saturated rings. The lowest BCUT2D eigenvalue weighted by Gasteiger charge is -2.09. The molecule has 2 aromatic rings. The predicted octanol–water partition coefficient (Wildman–Crippen LogP) is 3.14. The number of esters is 1. The Morgan fingerprint density at radius 3 is 2.91 bits per heavy atom. The third kappa shape index (κ3) is 3.51. The summed E-state index contributed by atoms with van der Waals surface area (Å²) in [5.74, 6) is -0.629. The fourth-order valence-corrected chi connectivity index (χ4v) is 1.91. The van der Waals surface area contributed by atoms with Crippen molar-refractivity contribution in [3.8, 4) is 6.07 Å². The van der Waals surface area contributed by atoms with Crippen LogP contribution in [0.2, 0.25) is 5.02 Å². The number of hydrogen-bond donors (Lipinski definition) is 1. The molecule has 0 aliphatic heterocycles. The minimum absolute atomic E-state index is 0.0791. The molecule has 7 heteroatoms. The summed E-state index contributed by atoms with van der Waals surface area (Å²) in [5.41, 5.74) is 0.607. The molecule has 112 valence electrons. The number of pyridine rings is 1. The zero-order valence-electron chi connectivity index (χ0n) is 11.6. The van der Waals surface area contributed by atoms with Crippen molar-refractivity contribution in [2.45, 2.75) is 6.54 Å². The normalized spacial score (nSPS) is 9.91. The number of benzene rings is 1. The first-order chi connectivity index (χ1) is 10.5. The molecule has 0 aliphatic rings. The SMILES string of the molecule is COC(=O)c1ccc(F)c(CNc2ccc(Cl)c(C#N)n2)c1. The Hall–Kier alpha value is -2.65. The largest absolute Gasteiger partial charge is 0.465 e. The minimum Gasteiger partial charge on any atom is -0.465 e. The number of carbonyl (C=O) groups is 1. The van der Waals surface area contributed by atoms with Gasteiger partial charge in [0.05, 0.1) is 17.7 Å². The van der Waals surface area contributed by atoms with Crippen LogP contribution in [0.1, 0.15) is 21.6 Å². The van der Waals surface area contributed by atoms with Crippen LogP contribution in [0.4, 0.5) is 10.2 Å². The average molecular weight is 320 g/mol. The molecule has 0 saturated carbocycles. The van der Waals surface area contributed by atoms with E-state index in [9.17, 15) is 9.18 Å². The van der Waals surface area contributed by atoms with Gasteiger partial charge >= 0.3 is 5.97 Å². The number of rotatable bonds is 4. The average Bonchev–Trinajstić information content (AvgIpc) is 2.54. The van der Waals surface area contributed by atoms with E-state index in [0.717, 1.165) is 0 Å². The Labute approximate surface area is 131 Å². The number of methoxy groups -OCH3 is 1. The van der Waals surface area contributed by atoms with Crippen molar-refractivity contribution >= 4 is 23.4 Å². The Kier molecular flexibility index (Phi) is 4.92. The Morgan fingerprint density at radius 1 is 1.45 bits per heavy atom. The van der Waals surface area contributed by atoms with E-state index in [1.165, 1.54) is 31.4 Å². The maximum atomic E-state index is 13.8. The summed E-state index contributed by atoms with van der Waals surface area (Å²) in [7, 11) is 1.25. The standard InChI is InChI=1S/C15H11ClFN3O2/c1-22-15(21)9-2-4-12(17)10(6-9)8-19-14-5-3-11(16)13(7-18)20-14/h2-6H,8H2,1H3,(H,19,20). The van der Waals surface area contributed by atoms with E-state index in [0.29, 0.717) is 5.82 Å². The molecular weight excluding hydrogens is 309 g/mol. The first kappa shape index (κ1) is 15.7. The maximum Gasteiger partial charge on any atom is 0.337 e. The summed E-state index contributed by atoms with van der Waals surface area (Å²) in [4.78, 5) is 15.4. The lowest BCUT2D eigenvalue weighted by molar-refractivity contribution is 0.0600. The van der Waals surface area contributed by atoms with Crippen LogP contribution in [0.15, 0.2) is 30.3 Å². The lowest BCUT2D eigenvalue weighted by atomic mass is 10.1. The number of halogens is 2. The minimum atomic E-state index is -0.544. The molecule has 22 heavy (non-hydrogen) atoms. The first-order valence-electron chi connectivity index (χ1n) is 6.22. The van der Waals surface area contributed by atoms with Crippen LogP contribution >= 0.6 is 11.6 Å². The van der Waals surface area contributed by atoms with Crippen LogP contribution in [-0.4, -0.2) is 18.1 Å². The van der Waals surface area contributed by atoms with Crippen molar-refractivity contribution in [3.63, 3.8) is 0 Å². The highest BCUT2D eigenvalue weighted by atomic mass is 35.5. The van der Waals surface area contributed by atoms with Crippen molar-refractivity contribution in [2.75, 3.05) is 12.4 Å². The molecule has 0 radical (unpaired) electrons. The fourth-order valence-electron chi connectivity index (χ4n) is 1.76. The highest BCUT2D eigenvalue weighted by Crippen LogP contribution is 2.17. The van der Waals surface area contributed by atoms with Gasteiger partial charge < -0.3 is 10.1 Å². The van der Waals surface area contributed by atoms with E-state index >= 15 is 0 Å². The highest BCUT2D eigenvalue weighted by molar-refractivity contribution is 6.31. The van der Waals surface area contributed by atoms with Crippen molar-refractivity contribution in [1.29, 1.82) is 5.26 Å². The van der Waals surface area contributed by atoms with Gasteiger partial charge in [-0.15, -0.1) is 0 Å². The van der Waals surface area contributed by atoms with Crippen LogP contribution < -0.4 is 5.32 Å². The molecule has 0 spiro atoms. The van der Waals surface area contributed by atoms with Crippen molar-refractivity contribution in [3.05, 3.63) is 58.0 Å². The van der Waals surface area contributed by atoms with Gasteiger partial charge in [-0.2, -0.15) is 5.26 Å². The van der Waals surface area contributed by atoms with Crippen LogP contribution in [0.25, 0.3) is 0 Å². The number of nitrogens with zero attached hydrogens (tertiary/aromatic N) is 2. The van der Waals surface area contributed by atoms with Crippen LogP contribution in [0.3, 0.4) is 0 Å². The molecule has 0 bridgehead atoms. The molecule has 0 aliphatic carbocycles. The third-order valence-corrected chi connectivity index (χ3v) is 3.18. The summed E-state index contributed by atoms with van der Waals surface area (Å²) >= 11 is 5.79. The van der Waals surface area contributed by atoms with E-state index in [4.69, 9.17) is 16.9 Å². The number of carbonyl (C=O) groups excluding carboxylic acids is 1. The Balaban J connectivity index is 2.18. The predicted molar refractivity (Wildman–Crippen MR) is 79.0 cm³/mol. The number of ether oxygens (including phenoxy) is 1. The van der Waals surface area contributed by atoms with Gasteiger partial charge in [-0.25, -0.2) is 14.2 Å². The number of aromatic nitrogens is 1. The number of nitriles is 1. The monoisotopic (exact) mass is 319 g/mol. The second-order valence-corrected chi connectivity index (χ2v) is 4.70. The van der Waals surface area contributed by atoms with E-state index in [1.807, 2.05) is 6.07 Å². The van der Waals surface area contributed by atoms with Crippen LogP contribution in [-0.2, 0) is 11.3 Å². The lowest BCUT2D eigenvalue weighted by Crippen LogP contribution is -2.07. The van der Waals surface area contributed by atoms with E-state index < -0.39 is 11.8 Å². The zero-order valence-corrected chi connectivity index (χ0v) is 12.3. The quantitative estimate of drug-likeness (QED) is 0.876. The molecule has 2 rings (SSSR count). The molecule has 1 heterocycles. The molecule has 0 saturated heterocycles. The second kappa shape index (κ2) is 6.87. The van der Waals surface area contributed by atoms with Gasteiger partial charge in [-0.05, 0) is 30.3 Å². The van der Waals surface area contributed by atoms with Gasteiger partial charge in [-0.1, -0.05) is 11.6 Å². The number of nitrogens with one attached hydrogen (secondary N) is 1. The molecule has 1 aromatic heterocycles. The summed E-state index contributed by atoms with van der Waals surface area (Å²) < 4.78 is 18.4. The summed E-state index contributed by atoms with van der Waals surface area (Å²) in [6, 6.07) is 8.90. The molecule has 0 unspecified atom stereocenters. The van der Waals surface area contributed by atoms with Gasteiger partial charge in [0.1, 0.15) is 17.7 Å². The molecular formula is C15H11ClFN3O2. The van der Waals surface area contributed by atoms with Gasteiger partial charge in [0.2, 0.25) is 0 Å². The number of anilines is 1. The second-order valence-electron chi connectivity index (χ2n) is 4.29. The number of hydrogen-bond acceptors (Lipinski definition) is 5. The Bertz CT molecular complexity index is 759. The fraction of sp³-hybridized carbons (Fsp3) is 0.133. The maximum absolute atomic E-state index is 13.8. The molecule has 1 aromatic carbocycles. The van der Waals surface area contributed by atoms with Crippen LogP contribution in [0.5, 0.6) is 0 Å². The topological polar surface area (TPSA) is 75.0 Å². The van der Waals surface area contributed by atoms with Gasteiger partial charge in [0, 0.05) is 12.1 Å². The summed E-state index contributed by atoms with van der Waals surface area (Å²) in [5, 5.41) is 12.0. The van der Waals surface area contributed by atoms with E-state index in [2.05, 4.69) is 15.0 Å². The van der Waals surface area contributed by atoms with E-state index in [-0.39, 0.29) is 28.4 Å². The smallest absolute Gasteiger partial charge is 0.337 e. The van der Waals surface area contributed by atoms with Gasteiger partial charge in [0.15, 0.2) is 5.69 Å². The zero-order chi connectivity index (χ0) is 16.1. The van der Waals surface area contributed by atoms with Crippen molar-refractivity contribution in [2.24, 2.45) is 0 Å². The van der Waals surface area contributed by atoms with Crippen LogP contribution in [0, 0.1) is 17.1 Å². The molecule has 1 N–H and O–H groups in total. The van der Waals surface area contributed by atoms with Gasteiger partial charge in [0.25, 0.3) is 0 Å². The first-order valence-corrected chi connectivity index (χ1v) is 6.60. The molecule has 0 amide bonds.